The van der Waals surface area contributed by atoms with Crippen LogP contribution in [0.3, 0.4) is 0 Å². The molecule has 0 N–H and O–H groups in total. The van der Waals surface area contributed by atoms with Crippen molar-refractivity contribution in [3.8, 4) is 0 Å². The van der Waals surface area contributed by atoms with Crippen molar-refractivity contribution in [3.63, 3.8) is 0 Å². The van der Waals surface area contributed by atoms with Crippen molar-refractivity contribution in [1.29, 1.82) is 0 Å². The van der Waals surface area contributed by atoms with Crippen LogP contribution in [0.5, 0.6) is 0 Å². The number of hydrogen-bond donors (Lipinski definition) is 0. The van der Waals surface area contributed by atoms with Crippen molar-refractivity contribution in [1.82, 2.24) is 4.98 Å². The molecule has 0 saturated heterocycles. The van der Waals surface area contributed by atoms with Crippen LogP contribution in [0, 0.1) is 6.92 Å². The SMILES string of the molecule is COC(=O)c1nc(Br)c(C)cc1C(F)F. The summed E-state index contributed by atoms with van der Waals surface area (Å²) in [7, 11) is 1.12. The number of hydrogen-bond acceptors (Lipinski definition) is 3. The molecule has 82 valence electrons. The van der Waals surface area contributed by atoms with Crippen LogP contribution in [0.4, 0.5) is 8.78 Å². The third-order valence-electron chi connectivity index (χ3n) is 1.79. The van der Waals surface area contributed by atoms with Gasteiger partial charge in [-0.2, -0.15) is 0 Å². The number of carbonyl (C=O) groups is 1. The number of halogens is 3. The zero-order valence-corrected chi connectivity index (χ0v) is 9.64. The van der Waals surface area contributed by atoms with Crippen molar-refractivity contribution in [2.75, 3.05) is 7.11 Å². The van der Waals surface area contributed by atoms with Gasteiger partial charge in [-0.3, -0.25) is 0 Å². The first-order valence-electron chi connectivity index (χ1n) is 4.01. The third-order valence-corrected chi connectivity index (χ3v) is 2.60. The molecule has 1 rings (SSSR count). The summed E-state index contributed by atoms with van der Waals surface area (Å²) in [5, 5.41) is 0. The minimum absolute atomic E-state index is 0.354. The van der Waals surface area contributed by atoms with Gasteiger partial charge in [0, 0.05) is 0 Å². The van der Waals surface area contributed by atoms with Crippen LogP contribution in [0.15, 0.2) is 10.7 Å². The fourth-order valence-corrected chi connectivity index (χ4v) is 1.33. The predicted molar refractivity (Wildman–Crippen MR) is 53.0 cm³/mol. The van der Waals surface area contributed by atoms with Crippen molar-refractivity contribution < 1.29 is 18.3 Å². The molecule has 0 fully saturated rings. The summed E-state index contributed by atoms with van der Waals surface area (Å²) in [4.78, 5) is 14.9. The Hall–Kier alpha value is -1.04. The van der Waals surface area contributed by atoms with Gasteiger partial charge >= 0.3 is 5.97 Å². The molecule has 0 radical (unpaired) electrons. The maximum absolute atomic E-state index is 12.6. The second kappa shape index (κ2) is 4.65. The number of methoxy groups -OCH3 is 1. The van der Waals surface area contributed by atoms with Gasteiger partial charge in [-0.15, -0.1) is 0 Å². The molecule has 6 heteroatoms. The smallest absolute Gasteiger partial charge is 0.357 e. The van der Waals surface area contributed by atoms with Crippen LogP contribution in [0.2, 0.25) is 0 Å². The number of rotatable bonds is 2. The highest BCUT2D eigenvalue weighted by molar-refractivity contribution is 9.10. The van der Waals surface area contributed by atoms with Gasteiger partial charge in [-0.1, -0.05) is 0 Å². The quantitative estimate of drug-likeness (QED) is 0.617. The summed E-state index contributed by atoms with van der Waals surface area (Å²) < 4.78 is 29.9. The minimum atomic E-state index is -2.75. The minimum Gasteiger partial charge on any atom is -0.464 e. The molecule has 15 heavy (non-hydrogen) atoms. The van der Waals surface area contributed by atoms with Crippen molar-refractivity contribution in [2.45, 2.75) is 13.3 Å². The molecule has 0 aliphatic carbocycles. The lowest BCUT2D eigenvalue weighted by Gasteiger charge is -2.08. The van der Waals surface area contributed by atoms with Crippen LogP contribution in [0.1, 0.15) is 28.0 Å². The number of ether oxygens (including phenoxy) is 1. The highest BCUT2D eigenvalue weighted by Gasteiger charge is 2.22. The van der Waals surface area contributed by atoms with Gasteiger partial charge in [-0.05, 0) is 34.5 Å². The van der Waals surface area contributed by atoms with Crippen LogP contribution in [0.25, 0.3) is 0 Å². The molecule has 0 atom stereocenters. The van der Waals surface area contributed by atoms with E-state index in [0.717, 1.165) is 7.11 Å². The number of aryl methyl sites for hydroxylation is 1. The standard InChI is InChI=1S/C9H8BrF2NO2/c1-4-3-5(8(11)12)6(9(14)15-2)13-7(4)10/h3,8H,1-2H3. The molecule has 3 nitrogen and oxygen atoms in total. The second-order valence-corrected chi connectivity index (χ2v) is 3.58. The number of alkyl halides is 2. The first-order chi connectivity index (χ1) is 6.97. The summed E-state index contributed by atoms with van der Waals surface area (Å²) in [5.41, 5.74) is -0.231. The topological polar surface area (TPSA) is 39.2 Å². The van der Waals surface area contributed by atoms with E-state index in [0.29, 0.717) is 10.2 Å². The van der Waals surface area contributed by atoms with Crippen molar-refractivity contribution >= 4 is 21.9 Å². The molecule has 0 saturated carbocycles. The van der Waals surface area contributed by atoms with E-state index < -0.39 is 18.0 Å². The van der Waals surface area contributed by atoms with Gasteiger partial charge in [-0.25, -0.2) is 18.6 Å². The zero-order chi connectivity index (χ0) is 11.6. The van der Waals surface area contributed by atoms with Gasteiger partial charge in [0.05, 0.1) is 12.7 Å². The van der Waals surface area contributed by atoms with E-state index in [1.807, 2.05) is 0 Å². The highest BCUT2D eigenvalue weighted by atomic mass is 79.9. The van der Waals surface area contributed by atoms with Crippen LogP contribution >= 0.6 is 15.9 Å². The summed E-state index contributed by atoms with van der Waals surface area (Å²) >= 11 is 3.06. The second-order valence-electron chi connectivity index (χ2n) is 2.83. The molecule has 0 unspecified atom stereocenters. The molecule has 1 aromatic rings. The molecule has 0 aliphatic rings. The first-order valence-corrected chi connectivity index (χ1v) is 4.80. The number of carbonyl (C=O) groups excluding carboxylic acids is 1. The molecular formula is C9H8BrF2NO2. The molecular weight excluding hydrogens is 272 g/mol. The highest BCUT2D eigenvalue weighted by Crippen LogP contribution is 2.26. The molecule has 0 aromatic carbocycles. The molecule has 0 spiro atoms. The van der Waals surface area contributed by atoms with Gasteiger partial charge in [0.2, 0.25) is 0 Å². The Bertz CT molecular complexity index is 396. The lowest BCUT2D eigenvalue weighted by molar-refractivity contribution is 0.0581. The molecule has 0 bridgehead atoms. The maximum atomic E-state index is 12.6. The van der Waals surface area contributed by atoms with Gasteiger partial charge in [0.15, 0.2) is 5.69 Å². The molecule has 0 amide bonds. The number of nitrogens with zero attached hydrogens (tertiary/aromatic N) is 1. The monoisotopic (exact) mass is 279 g/mol. The Labute approximate surface area is 93.6 Å². The number of pyridine rings is 1. The Balaban J connectivity index is 3.34. The van der Waals surface area contributed by atoms with E-state index in [-0.39, 0.29) is 5.69 Å². The Kier molecular flexibility index (Phi) is 3.73. The largest absolute Gasteiger partial charge is 0.464 e. The lowest BCUT2D eigenvalue weighted by atomic mass is 10.1. The summed E-state index contributed by atoms with van der Waals surface area (Å²) in [5.74, 6) is -0.869. The van der Waals surface area contributed by atoms with E-state index in [1.165, 1.54) is 6.07 Å². The molecule has 0 aliphatic heterocycles. The average Bonchev–Trinajstić information content (AvgIpc) is 2.20. The van der Waals surface area contributed by atoms with Crippen LogP contribution in [-0.2, 0) is 4.74 Å². The van der Waals surface area contributed by atoms with Crippen LogP contribution in [-0.4, -0.2) is 18.1 Å². The lowest BCUT2D eigenvalue weighted by Crippen LogP contribution is -2.10. The molecule has 1 aromatic heterocycles. The molecule has 1 heterocycles. The summed E-state index contributed by atoms with van der Waals surface area (Å²) in [6.45, 7) is 1.62. The van der Waals surface area contributed by atoms with Gasteiger partial charge < -0.3 is 4.74 Å². The van der Waals surface area contributed by atoms with Gasteiger partial charge in [0.1, 0.15) is 4.60 Å². The first kappa shape index (κ1) is 12.0. The zero-order valence-electron chi connectivity index (χ0n) is 8.05. The average molecular weight is 280 g/mol. The van der Waals surface area contributed by atoms with E-state index in [2.05, 4.69) is 25.7 Å². The fourth-order valence-electron chi connectivity index (χ4n) is 1.04. The normalized spacial score (nSPS) is 10.5. The van der Waals surface area contributed by atoms with Crippen LogP contribution < -0.4 is 0 Å². The van der Waals surface area contributed by atoms with Crippen molar-refractivity contribution in [2.24, 2.45) is 0 Å². The van der Waals surface area contributed by atoms with E-state index in [4.69, 9.17) is 0 Å². The number of esters is 1. The third kappa shape index (κ3) is 2.50. The van der Waals surface area contributed by atoms with E-state index in [9.17, 15) is 13.6 Å². The van der Waals surface area contributed by atoms with E-state index in [1.54, 1.807) is 6.92 Å². The van der Waals surface area contributed by atoms with Gasteiger partial charge in [0.25, 0.3) is 6.43 Å². The summed E-state index contributed by atoms with van der Waals surface area (Å²) in [6.07, 6.45) is -2.75. The number of aromatic nitrogens is 1. The van der Waals surface area contributed by atoms with E-state index >= 15 is 0 Å². The maximum Gasteiger partial charge on any atom is 0.357 e. The summed E-state index contributed by atoms with van der Waals surface area (Å²) in [6, 6.07) is 1.22. The van der Waals surface area contributed by atoms with Crippen molar-refractivity contribution in [3.05, 3.63) is 27.5 Å². The Morgan fingerprint density at radius 2 is 2.20 bits per heavy atom. The Morgan fingerprint density at radius 1 is 1.60 bits per heavy atom. The fraction of sp³-hybridized carbons (Fsp3) is 0.333. The Morgan fingerprint density at radius 3 is 2.67 bits per heavy atom. The predicted octanol–water partition coefficient (Wildman–Crippen LogP) is 2.88.